The lowest BCUT2D eigenvalue weighted by atomic mass is 10.1. The normalized spacial score (nSPS) is 12.7. The second kappa shape index (κ2) is 20.0. The SMILES string of the molecule is Cc1cc(Oc2ccccc2)ccc1-n1ncc(C(=O)c2cc3cc(C(=O)N4CCOCC4)ccc3n2COCC[Si](C)(C)C)c1N.Cc1cc(Oc2ccccc2)ccc1NN. The highest BCUT2D eigenvalue weighted by atomic mass is 28.3. The predicted octanol–water partition coefficient (Wildman–Crippen LogP) is 9.60. The standard InChI is InChI=1S/C36H41N5O5Si.C13H14N2O/c1-25-20-29(46-28-8-6-5-7-9-28)11-13-31(25)41-35(37)30(23-38-41)34(42)33-22-27-21-26(36(43)39-14-16-44-17-15-39)10-12-32(27)40(33)24-45-18-19-47(2,3)4;1-10-9-12(7-8-13(10)15-14)16-11-5-3-2-4-6-11/h5-13,20-23H,14-19,24,37H2,1-4H3;2-9,15H,14H2,1H3. The number of hydrogen-bond donors (Lipinski definition) is 3. The van der Waals surface area contributed by atoms with Crippen molar-refractivity contribution >= 4 is 42.2 Å². The Labute approximate surface area is 369 Å². The van der Waals surface area contributed by atoms with Gasteiger partial charge < -0.3 is 39.6 Å². The van der Waals surface area contributed by atoms with Crippen molar-refractivity contribution in [2.24, 2.45) is 5.84 Å². The average Bonchev–Trinajstić information content (AvgIpc) is 3.85. The summed E-state index contributed by atoms with van der Waals surface area (Å²) in [5.41, 5.74) is 14.9. The van der Waals surface area contributed by atoms with Crippen LogP contribution in [-0.4, -0.2) is 71.9 Å². The maximum absolute atomic E-state index is 14.2. The summed E-state index contributed by atoms with van der Waals surface area (Å²) in [6.07, 6.45) is 1.51. The molecule has 8 rings (SSSR count). The highest BCUT2D eigenvalue weighted by molar-refractivity contribution is 6.76. The van der Waals surface area contributed by atoms with Gasteiger partial charge in [-0.25, -0.2) is 4.68 Å². The summed E-state index contributed by atoms with van der Waals surface area (Å²) in [5.74, 6) is 8.33. The summed E-state index contributed by atoms with van der Waals surface area (Å²) in [6, 6.07) is 39.0. The number of rotatable bonds is 14. The molecular formula is C49H55N7O6Si. The first-order valence-corrected chi connectivity index (χ1v) is 24.7. The van der Waals surface area contributed by atoms with Crippen molar-refractivity contribution < 1.29 is 28.5 Å². The number of fused-ring (bicyclic) bond motifs is 1. The molecule has 13 nitrogen and oxygen atoms in total. The van der Waals surface area contributed by atoms with E-state index in [1.54, 1.807) is 9.58 Å². The van der Waals surface area contributed by atoms with Crippen LogP contribution in [0.25, 0.3) is 16.6 Å². The molecule has 2 aromatic heterocycles. The van der Waals surface area contributed by atoms with E-state index in [2.05, 4.69) is 30.2 Å². The third kappa shape index (κ3) is 11.0. The fourth-order valence-electron chi connectivity index (χ4n) is 7.12. The van der Waals surface area contributed by atoms with Gasteiger partial charge in [0, 0.05) is 38.7 Å². The zero-order valence-corrected chi connectivity index (χ0v) is 37.5. The van der Waals surface area contributed by atoms with Crippen LogP contribution in [0.4, 0.5) is 11.5 Å². The Balaban J connectivity index is 0.000000312. The molecule has 5 N–H and O–H groups in total. The third-order valence-electron chi connectivity index (χ3n) is 10.7. The van der Waals surface area contributed by atoms with E-state index in [4.69, 9.17) is 30.5 Å². The summed E-state index contributed by atoms with van der Waals surface area (Å²) in [7, 11) is -1.31. The Hall–Kier alpha value is -6.71. The summed E-state index contributed by atoms with van der Waals surface area (Å²) < 4.78 is 26.7. The predicted molar refractivity (Wildman–Crippen MR) is 251 cm³/mol. The molecule has 7 aromatic rings. The van der Waals surface area contributed by atoms with Crippen molar-refractivity contribution in [3.8, 4) is 28.7 Å². The van der Waals surface area contributed by atoms with Gasteiger partial charge in [-0.15, -0.1) is 0 Å². The molecule has 3 heterocycles. The molecule has 0 spiro atoms. The van der Waals surface area contributed by atoms with Crippen LogP contribution in [0.2, 0.25) is 25.7 Å². The third-order valence-corrected chi connectivity index (χ3v) is 12.4. The highest BCUT2D eigenvalue weighted by Crippen LogP contribution is 2.30. The maximum Gasteiger partial charge on any atom is 0.254 e. The van der Waals surface area contributed by atoms with E-state index in [9.17, 15) is 9.59 Å². The van der Waals surface area contributed by atoms with Crippen LogP contribution in [0.1, 0.15) is 37.5 Å². The number of nitrogen functional groups attached to an aromatic ring is 2. The van der Waals surface area contributed by atoms with Crippen molar-refractivity contribution in [1.29, 1.82) is 0 Å². The molecule has 0 aliphatic carbocycles. The molecule has 326 valence electrons. The molecule has 0 unspecified atom stereocenters. The molecule has 0 atom stereocenters. The number of aromatic nitrogens is 3. The molecule has 0 saturated carbocycles. The Morgan fingerprint density at radius 1 is 0.778 bits per heavy atom. The van der Waals surface area contributed by atoms with E-state index in [0.29, 0.717) is 49.9 Å². The minimum atomic E-state index is -1.31. The number of anilines is 2. The van der Waals surface area contributed by atoms with Crippen LogP contribution in [0, 0.1) is 13.8 Å². The van der Waals surface area contributed by atoms with Gasteiger partial charge in [0.25, 0.3) is 5.91 Å². The van der Waals surface area contributed by atoms with Gasteiger partial charge in [0.1, 0.15) is 35.5 Å². The number of carbonyl (C=O) groups excluding carboxylic acids is 2. The second-order valence-corrected chi connectivity index (χ2v) is 22.2. The molecule has 1 aliphatic rings. The number of nitrogens with one attached hydrogen (secondary N) is 1. The van der Waals surface area contributed by atoms with Crippen LogP contribution in [0.3, 0.4) is 0 Å². The van der Waals surface area contributed by atoms with Crippen molar-refractivity contribution in [3.63, 3.8) is 0 Å². The largest absolute Gasteiger partial charge is 0.457 e. The second-order valence-electron chi connectivity index (χ2n) is 16.6. The molecule has 1 aliphatic heterocycles. The van der Waals surface area contributed by atoms with E-state index in [1.807, 2.05) is 140 Å². The van der Waals surface area contributed by atoms with Crippen molar-refractivity contribution in [3.05, 3.63) is 155 Å². The zero-order valence-electron chi connectivity index (χ0n) is 36.5. The number of amides is 1. The number of hydrazine groups is 1. The van der Waals surface area contributed by atoms with E-state index < -0.39 is 8.07 Å². The fourth-order valence-corrected chi connectivity index (χ4v) is 7.87. The van der Waals surface area contributed by atoms with Gasteiger partial charge in [-0.1, -0.05) is 56.0 Å². The molecule has 1 saturated heterocycles. The van der Waals surface area contributed by atoms with Gasteiger partial charge in [0.05, 0.1) is 47.6 Å². The van der Waals surface area contributed by atoms with Crippen LogP contribution in [0.15, 0.2) is 128 Å². The van der Waals surface area contributed by atoms with Crippen molar-refractivity contribution in [2.75, 3.05) is 44.1 Å². The molecule has 1 amide bonds. The lowest BCUT2D eigenvalue weighted by Crippen LogP contribution is -2.40. The summed E-state index contributed by atoms with van der Waals surface area (Å²) in [5, 5.41) is 5.29. The Morgan fingerprint density at radius 2 is 1.41 bits per heavy atom. The smallest absolute Gasteiger partial charge is 0.254 e. The summed E-state index contributed by atoms with van der Waals surface area (Å²) in [4.78, 5) is 29.2. The number of ether oxygens (including phenoxy) is 4. The summed E-state index contributed by atoms with van der Waals surface area (Å²) in [6.45, 7) is 13.8. The van der Waals surface area contributed by atoms with Gasteiger partial charge in [0.15, 0.2) is 0 Å². The quantitative estimate of drug-likeness (QED) is 0.0316. The molecule has 14 heteroatoms. The van der Waals surface area contributed by atoms with Crippen molar-refractivity contribution in [1.82, 2.24) is 19.2 Å². The molecule has 0 bridgehead atoms. The molecule has 0 radical (unpaired) electrons. The number of benzene rings is 5. The number of morpholine rings is 1. The minimum absolute atomic E-state index is 0.0525. The van der Waals surface area contributed by atoms with Crippen LogP contribution in [0.5, 0.6) is 23.0 Å². The van der Waals surface area contributed by atoms with Gasteiger partial charge in [0.2, 0.25) is 5.78 Å². The van der Waals surface area contributed by atoms with Gasteiger partial charge in [-0.05, 0) is 116 Å². The molecule has 1 fully saturated rings. The number of hydrogen-bond acceptors (Lipinski definition) is 10. The topological polar surface area (TPSA) is 161 Å². The van der Waals surface area contributed by atoms with Crippen LogP contribution >= 0.6 is 0 Å². The van der Waals surface area contributed by atoms with E-state index >= 15 is 0 Å². The lowest BCUT2D eigenvalue weighted by molar-refractivity contribution is 0.0303. The monoisotopic (exact) mass is 865 g/mol. The Kier molecular flexibility index (Phi) is 14.1. The number of nitrogens with two attached hydrogens (primary N) is 2. The molecule has 63 heavy (non-hydrogen) atoms. The van der Waals surface area contributed by atoms with Crippen molar-refractivity contribution in [2.45, 2.75) is 46.3 Å². The Bertz CT molecular complexity index is 2670. The average molecular weight is 866 g/mol. The minimum Gasteiger partial charge on any atom is -0.457 e. The highest BCUT2D eigenvalue weighted by Gasteiger charge is 2.25. The first kappa shape index (κ1) is 44.3. The maximum atomic E-state index is 14.2. The van der Waals surface area contributed by atoms with Crippen LogP contribution < -0.4 is 26.5 Å². The van der Waals surface area contributed by atoms with Gasteiger partial charge >= 0.3 is 0 Å². The lowest BCUT2D eigenvalue weighted by Gasteiger charge is -2.26. The Morgan fingerprint density at radius 3 is 2.02 bits per heavy atom. The zero-order chi connectivity index (χ0) is 44.5. The number of ketones is 1. The van der Waals surface area contributed by atoms with Crippen LogP contribution in [-0.2, 0) is 16.2 Å². The first-order chi connectivity index (χ1) is 30.4. The number of para-hydroxylation sites is 2. The fraction of sp³-hybridized carbons (Fsp3) is 0.245. The molecule has 5 aromatic carbocycles. The number of aryl methyl sites for hydroxylation is 2. The molecular weight excluding hydrogens is 811 g/mol. The van der Waals surface area contributed by atoms with E-state index in [1.165, 1.54) is 6.20 Å². The van der Waals surface area contributed by atoms with Gasteiger partial charge in [-0.3, -0.25) is 15.4 Å². The van der Waals surface area contributed by atoms with E-state index in [0.717, 1.165) is 56.7 Å². The first-order valence-electron chi connectivity index (χ1n) is 21.0. The van der Waals surface area contributed by atoms with E-state index in [-0.39, 0.29) is 29.8 Å². The summed E-state index contributed by atoms with van der Waals surface area (Å²) >= 11 is 0. The number of carbonyl (C=O) groups is 2. The number of nitrogens with zero attached hydrogens (tertiary/aromatic N) is 4. The van der Waals surface area contributed by atoms with Gasteiger partial charge in [-0.2, -0.15) is 5.10 Å².